The summed E-state index contributed by atoms with van der Waals surface area (Å²) in [6.07, 6.45) is 0. The highest BCUT2D eigenvalue weighted by Crippen LogP contribution is 2.25. The second-order valence-corrected chi connectivity index (χ2v) is 5.48. The number of aromatic nitrogens is 2. The van der Waals surface area contributed by atoms with Gasteiger partial charge in [0.1, 0.15) is 4.90 Å². The third-order valence-electron chi connectivity index (χ3n) is 1.99. The first kappa shape index (κ1) is 12.7. The Kier molecular flexibility index (Phi) is 3.14. The highest BCUT2D eigenvalue weighted by Gasteiger charge is 2.20. The fourth-order valence-corrected chi connectivity index (χ4v) is 2.72. The van der Waals surface area contributed by atoms with Gasteiger partial charge in [0.2, 0.25) is 5.89 Å². The number of halogens is 1. The topological polar surface area (TPSA) is 111 Å². The van der Waals surface area contributed by atoms with E-state index in [-0.39, 0.29) is 21.8 Å². The van der Waals surface area contributed by atoms with Crippen LogP contribution in [0.5, 0.6) is 0 Å². The summed E-state index contributed by atoms with van der Waals surface area (Å²) in [5, 5.41) is 7.05. The van der Waals surface area contributed by atoms with E-state index in [9.17, 15) is 8.42 Å². The predicted molar refractivity (Wildman–Crippen MR) is 65.7 cm³/mol. The van der Waals surface area contributed by atoms with Crippen molar-refractivity contribution in [2.24, 2.45) is 0 Å². The van der Waals surface area contributed by atoms with Crippen LogP contribution in [0.15, 0.2) is 27.5 Å². The van der Waals surface area contributed by atoms with Crippen LogP contribution in [0.2, 0.25) is 5.02 Å². The average Bonchev–Trinajstić information content (AvgIpc) is 2.62. The molecule has 0 saturated heterocycles. The first-order valence-electron chi connectivity index (χ1n) is 4.76. The Morgan fingerprint density at radius 1 is 1.39 bits per heavy atom. The smallest absolute Gasteiger partial charge is 0.329 e. The Bertz CT molecular complexity index is 683. The summed E-state index contributed by atoms with van der Waals surface area (Å²) in [6, 6.07) is 3.85. The molecule has 7 nitrogen and oxygen atoms in total. The van der Waals surface area contributed by atoms with Gasteiger partial charge in [-0.25, -0.2) is 13.1 Å². The van der Waals surface area contributed by atoms with Crippen molar-refractivity contribution in [2.75, 3.05) is 10.5 Å². The Labute approximate surface area is 108 Å². The lowest BCUT2D eigenvalue weighted by molar-refractivity contribution is 0.534. The molecule has 9 heteroatoms. The minimum absolute atomic E-state index is 0.0127. The fraction of sp³-hybridized carbons (Fsp3) is 0.111. The van der Waals surface area contributed by atoms with Gasteiger partial charge in [-0.2, -0.15) is 0 Å². The Balaban J connectivity index is 2.36. The number of sulfonamides is 1. The molecule has 0 bridgehead atoms. The zero-order chi connectivity index (χ0) is 13.3. The molecule has 0 spiro atoms. The maximum atomic E-state index is 12.0. The average molecular weight is 289 g/mol. The molecule has 0 aliphatic rings. The number of aryl methyl sites for hydroxylation is 1. The molecular weight excluding hydrogens is 280 g/mol. The van der Waals surface area contributed by atoms with Gasteiger partial charge in [0.15, 0.2) is 0 Å². The van der Waals surface area contributed by atoms with Gasteiger partial charge in [0, 0.05) is 12.6 Å². The standard InChI is InChI=1S/C9H9ClN4O3S/c1-5-12-13-9(17-5)14-18(15,16)8-3-2-6(11)4-7(8)10/h2-4H,11H2,1H3,(H,13,14). The number of rotatable bonds is 3. The molecule has 0 radical (unpaired) electrons. The van der Waals surface area contributed by atoms with E-state index >= 15 is 0 Å². The zero-order valence-corrected chi connectivity index (χ0v) is 10.8. The number of hydrogen-bond donors (Lipinski definition) is 2. The quantitative estimate of drug-likeness (QED) is 0.826. The SMILES string of the molecule is Cc1nnc(NS(=O)(=O)c2ccc(N)cc2Cl)o1. The first-order chi connectivity index (χ1) is 8.38. The van der Waals surface area contributed by atoms with Gasteiger partial charge in [0.25, 0.3) is 10.0 Å². The van der Waals surface area contributed by atoms with Crippen LogP contribution in [-0.4, -0.2) is 18.6 Å². The minimum Gasteiger partial charge on any atom is -0.408 e. The number of anilines is 2. The summed E-state index contributed by atoms with van der Waals surface area (Å²) in [6.45, 7) is 1.54. The highest BCUT2D eigenvalue weighted by atomic mass is 35.5. The minimum atomic E-state index is -3.88. The first-order valence-corrected chi connectivity index (χ1v) is 6.62. The van der Waals surface area contributed by atoms with E-state index in [0.717, 1.165) is 0 Å². The van der Waals surface area contributed by atoms with Gasteiger partial charge >= 0.3 is 6.01 Å². The zero-order valence-electron chi connectivity index (χ0n) is 9.21. The van der Waals surface area contributed by atoms with Crippen LogP contribution in [0, 0.1) is 6.92 Å². The van der Waals surface area contributed by atoms with Gasteiger partial charge < -0.3 is 10.2 Å². The second kappa shape index (κ2) is 4.46. The lowest BCUT2D eigenvalue weighted by atomic mass is 10.3. The number of nitrogens with zero attached hydrogens (tertiary/aromatic N) is 2. The van der Waals surface area contributed by atoms with Crippen LogP contribution in [0.3, 0.4) is 0 Å². The molecule has 18 heavy (non-hydrogen) atoms. The van der Waals surface area contributed by atoms with Crippen molar-refractivity contribution >= 4 is 33.3 Å². The van der Waals surface area contributed by atoms with Crippen molar-refractivity contribution < 1.29 is 12.8 Å². The summed E-state index contributed by atoms with van der Waals surface area (Å²) in [5.74, 6) is 0.246. The Morgan fingerprint density at radius 2 is 2.11 bits per heavy atom. The van der Waals surface area contributed by atoms with Crippen LogP contribution in [0.4, 0.5) is 11.7 Å². The van der Waals surface area contributed by atoms with Crippen molar-refractivity contribution in [1.82, 2.24) is 10.2 Å². The molecule has 2 rings (SSSR count). The molecule has 1 aromatic carbocycles. The van der Waals surface area contributed by atoms with E-state index in [1.165, 1.54) is 18.2 Å². The molecule has 0 aliphatic carbocycles. The Hall–Kier alpha value is -1.80. The number of nitrogens with one attached hydrogen (secondary N) is 1. The van der Waals surface area contributed by atoms with E-state index < -0.39 is 10.0 Å². The van der Waals surface area contributed by atoms with Crippen molar-refractivity contribution in [3.8, 4) is 0 Å². The maximum Gasteiger partial charge on any atom is 0.329 e. The lowest BCUT2D eigenvalue weighted by Crippen LogP contribution is -2.13. The number of nitrogens with two attached hydrogens (primary N) is 1. The summed E-state index contributed by atoms with van der Waals surface area (Å²) >= 11 is 5.82. The molecule has 1 heterocycles. The van der Waals surface area contributed by atoms with Crippen molar-refractivity contribution in [3.63, 3.8) is 0 Å². The third-order valence-corrected chi connectivity index (χ3v) is 3.80. The van der Waals surface area contributed by atoms with Gasteiger partial charge in [-0.15, -0.1) is 5.10 Å². The van der Waals surface area contributed by atoms with Gasteiger partial charge in [-0.05, 0) is 18.2 Å². The molecule has 0 saturated carbocycles. The van der Waals surface area contributed by atoms with Gasteiger partial charge in [-0.1, -0.05) is 16.7 Å². The fourth-order valence-electron chi connectivity index (χ4n) is 1.24. The summed E-state index contributed by atoms with van der Waals surface area (Å²) in [7, 11) is -3.88. The largest absolute Gasteiger partial charge is 0.408 e. The number of hydrogen-bond acceptors (Lipinski definition) is 6. The van der Waals surface area contributed by atoms with Crippen molar-refractivity contribution in [2.45, 2.75) is 11.8 Å². The van der Waals surface area contributed by atoms with E-state index in [1.54, 1.807) is 6.92 Å². The predicted octanol–water partition coefficient (Wildman–Crippen LogP) is 1.41. The lowest BCUT2D eigenvalue weighted by Gasteiger charge is -2.06. The second-order valence-electron chi connectivity index (χ2n) is 3.42. The van der Waals surface area contributed by atoms with Gasteiger partial charge in [-0.3, -0.25) is 0 Å². The van der Waals surface area contributed by atoms with Crippen LogP contribution in [0.25, 0.3) is 0 Å². The third kappa shape index (κ3) is 2.54. The van der Waals surface area contributed by atoms with E-state index in [0.29, 0.717) is 5.69 Å². The van der Waals surface area contributed by atoms with Crippen LogP contribution in [-0.2, 0) is 10.0 Å². The normalized spacial score (nSPS) is 11.4. The monoisotopic (exact) mass is 288 g/mol. The highest BCUT2D eigenvalue weighted by molar-refractivity contribution is 7.92. The van der Waals surface area contributed by atoms with Crippen molar-refractivity contribution in [3.05, 3.63) is 29.1 Å². The molecule has 0 fully saturated rings. The molecule has 0 aliphatic heterocycles. The summed E-state index contributed by atoms with van der Waals surface area (Å²) in [5.41, 5.74) is 5.85. The van der Waals surface area contributed by atoms with Crippen LogP contribution in [0.1, 0.15) is 5.89 Å². The van der Waals surface area contributed by atoms with Crippen molar-refractivity contribution in [1.29, 1.82) is 0 Å². The molecule has 0 amide bonds. The van der Waals surface area contributed by atoms with Gasteiger partial charge in [0.05, 0.1) is 5.02 Å². The molecule has 0 unspecified atom stereocenters. The van der Waals surface area contributed by atoms with E-state index in [4.69, 9.17) is 21.8 Å². The number of nitrogen functional groups attached to an aromatic ring is 1. The summed E-state index contributed by atoms with van der Waals surface area (Å²) < 4.78 is 31.0. The number of benzene rings is 1. The molecule has 1 aromatic heterocycles. The van der Waals surface area contributed by atoms with E-state index in [1.807, 2.05) is 0 Å². The summed E-state index contributed by atoms with van der Waals surface area (Å²) in [4.78, 5) is -0.116. The Morgan fingerprint density at radius 3 is 2.67 bits per heavy atom. The van der Waals surface area contributed by atoms with Crippen LogP contribution < -0.4 is 10.5 Å². The molecular formula is C9H9ClN4O3S. The van der Waals surface area contributed by atoms with E-state index in [2.05, 4.69) is 14.9 Å². The molecule has 2 aromatic rings. The maximum absolute atomic E-state index is 12.0. The molecule has 3 N–H and O–H groups in total. The molecule has 96 valence electrons. The van der Waals surface area contributed by atoms with Crippen LogP contribution >= 0.6 is 11.6 Å². The molecule has 0 atom stereocenters.